The van der Waals surface area contributed by atoms with Gasteiger partial charge in [0.05, 0.1) is 52.7 Å². The van der Waals surface area contributed by atoms with Crippen LogP contribution in [0, 0.1) is 29.1 Å². The number of allylic oxidation sites excluding steroid dienone is 2. The number of carbonyl (C=O) groups excluding carboxylic acids is 4. The Balaban J connectivity index is 1.36. The Hall–Kier alpha value is -3.92. The van der Waals surface area contributed by atoms with E-state index in [0.29, 0.717) is 60.2 Å². The molecule has 2 aliphatic heterocycles. The Bertz CT molecular complexity index is 2130. The van der Waals surface area contributed by atoms with Crippen molar-refractivity contribution in [3.8, 4) is 11.6 Å². The zero-order valence-corrected chi connectivity index (χ0v) is 35.8. The average Bonchev–Trinajstić information content (AvgIpc) is 4.03. The van der Waals surface area contributed by atoms with Gasteiger partial charge in [-0.25, -0.2) is 13.4 Å². The molecule has 0 spiro atoms. The van der Waals surface area contributed by atoms with Gasteiger partial charge in [0.15, 0.2) is 5.78 Å². The molecule has 2 aliphatic carbocycles. The zero-order valence-electron chi connectivity index (χ0n) is 34.2. The summed E-state index contributed by atoms with van der Waals surface area (Å²) in [7, 11) is -2.54. The first-order valence-electron chi connectivity index (χ1n) is 20.2. The fourth-order valence-electron chi connectivity index (χ4n) is 8.41. The molecule has 17 heteroatoms. The van der Waals surface area contributed by atoms with Gasteiger partial charge in [-0.2, -0.15) is 13.2 Å². The molecule has 59 heavy (non-hydrogen) atoms. The lowest BCUT2D eigenvalue weighted by molar-refractivity contribution is -0.257. The number of ketones is 1. The van der Waals surface area contributed by atoms with Gasteiger partial charge in [-0.05, 0) is 89.2 Å². The fraction of sp³-hybridized carbons (Fsp3) is 0.643. The summed E-state index contributed by atoms with van der Waals surface area (Å²) in [6.45, 7) is 6.70. The third-order valence-electron chi connectivity index (χ3n) is 12.8. The van der Waals surface area contributed by atoms with Crippen molar-refractivity contribution in [3.05, 3.63) is 41.4 Å². The molecular weight excluding hydrogens is 815 g/mol. The molecule has 4 aliphatic rings. The maximum absolute atomic E-state index is 15.0. The summed E-state index contributed by atoms with van der Waals surface area (Å²) in [6.07, 6.45) is 0.0681. The minimum absolute atomic E-state index is 0.0128. The van der Waals surface area contributed by atoms with Crippen molar-refractivity contribution in [2.75, 3.05) is 13.7 Å². The molecular formula is C42H53ClF3N3O9S. The molecule has 1 aromatic carbocycles. The van der Waals surface area contributed by atoms with Crippen molar-refractivity contribution in [1.82, 2.24) is 14.6 Å². The third kappa shape index (κ3) is 9.38. The van der Waals surface area contributed by atoms with E-state index >= 15 is 0 Å². The first-order valence-corrected chi connectivity index (χ1v) is 22.1. The topological polar surface area (TPSA) is 158 Å². The smallest absolute Gasteiger partial charge is 0.427 e. The first kappa shape index (κ1) is 44.6. The van der Waals surface area contributed by atoms with Crippen LogP contribution in [-0.2, 0) is 33.9 Å². The summed E-state index contributed by atoms with van der Waals surface area (Å²) in [5, 5.41) is 0.950. The van der Waals surface area contributed by atoms with Crippen LogP contribution in [0.25, 0.3) is 10.9 Å². The van der Waals surface area contributed by atoms with Gasteiger partial charge in [0.25, 0.3) is 0 Å². The Morgan fingerprint density at radius 1 is 1.12 bits per heavy atom. The van der Waals surface area contributed by atoms with Crippen LogP contribution in [0.15, 0.2) is 36.4 Å². The van der Waals surface area contributed by atoms with Gasteiger partial charge in [-0.3, -0.25) is 23.9 Å². The van der Waals surface area contributed by atoms with E-state index in [1.165, 1.54) is 18.1 Å². The normalized spacial score (nSPS) is 29.4. The summed E-state index contributed by atoms with van der Waals surface area (Å²) in [4.78, 5) is 62.9. The Morgan fingerprint density at radius 3 is 2.47 bits per heavy atom. The molecule has 2 amide bonds. The molecule has 1 aromatic heterocycles. The monoisotopic (exact) mass is 867 g/mol. The highest BCUT2D eigenvalue weighted by Gasteiger charge is 2.63. The summed E-state index contributed by atoms with van der Waals surface area (Å²) in [5.41, 5.74) is -3.75. The van der Waals surface area contributed by atoms with Crippen LogP contribution in [0.2, 0.25) is 5.02 Å². The number of aromatic nitrogens is 1. The number of alkyl halides is 3. The lowest BCUT2D eigenvalue weighted by Gasteiger charge is -2.34. The molecule has 1 N–H and O–H groups in total. The van der Waals surface area contributed by atoms with Crippen LogP contribution in [0.3, 0.4) is 0 Å². The quantitative estimate of drug-likeness (QED) is 0.187. The van der Waals surface area contributed by atoms with Crippen molar-refractivity contribution in [3.63, 3.8) is 0 Å². The number of benzene rings is 1. The lowest BCUT2D eigenvalue weighted by atomic mass is 9.79. The van der Waals surface area contributed by atoms with Gasteiger partial charge in [0.1, 0.15) is 11.9 Å². The number of ether oxygens (including phenoxy) is 3. The standard InChI is InChI=1S/C42H53ClF3N3O9S/c1-7-25-16-24(2)10-8-9-11-26-21-41(26,38(53)48-59(54,55)40(5)14-15-40)22-34(50)33-18-28(57-35-20-31(43)29-13-12-27(56-6)17-32(29)47-35)23-49(33)37(52)30(25)19-36(51)58-39(3,4)42(44,45)46/h9,11-13,17,20,24-26,28,30,33H,7-8,10,14-16,18-19,21-23H2,1-6H3,(H,48,53)/b11-9-/t24-,25-,26-,28-,30+,33+,41-/m1/s1. The molecule has 2 saturated carbocycles. The second-order valence-corrected chi connectivity index (χ2v) is 20.2. The van der Waals surface area contributed by atoms with E-state index in [2.05, 4.69) is 9.71 Å². The van der Waals surface area contributed by atoms with Crippen molar-refractivity contribution >= 4 is 56.1 Å². The molecule has 0 unspecified atom stereocenters. The number of esters is 1. The number of halogens is 4. The maximum Gasteiger partial charge on any atom is 0.427 e. The third-order valence-corrected chi connectivity index (χ3v) is 15.3. The second kappa shape index (κ2) is 16.5. The van der Waals surface area contributed by atoms with E-state index in [4.69, 9.17) is 25.8 Å². The summed E-state index contributed by atoms with van der Waals surface area (Å²) in [5.74, 6) is -4.57. The number of nitrogens with one attached hydrogen (secondary N) is 1. The van der Waals surface area contributed by atoms with Crippen molar-refractivity contribution in [2.24, 2.45) is 29.1 Å². The largest absolute Gasteiger partial charge is 0.497 e. The second-order valence-electron chi connectivity index (χ2n) is 17.6. The molecule has 3 heterocycles. The van der Waals surface area contributed by atoms with Gasteiger partial charge in [0.2, 0.25) is 33.3 Å². The van der Waals surface area contributed by atoms with Gasteiger partial charge in [-0.1, -0.05) is 44.0 Å². The predicted molar refractivity (Wildman–Crippen MR) is 213 cm³/mol. The Labute approximate surface area is 348 Å². The van der Waals surface area contributed by atoms with Crippen LogP contribution in [0.5, 0.6) is 11.6 Å². The van der Waals surface area contributed by atoms with Crippen molar-refractivity contribution < 1.29 is 55.0 Å². The summed E-state index contributed by atoms with van der Waals surface area (Å²) >= 11 is 6.61. The van der Waals surface area contributed by atoms with Crippen LogP contribution < -0.4 is 14.2 Å². The molecule has 0 bridgehead atoms. The van der Waals surface area contributed by atoms with E-state index in [0.717, 1.165) is 13.8 Å². The molecule has 7 atom stereocenters. The fourth-order valence-corrected chi connectivity index (χ4v) is 9.99. The zero-order chi connectivity index (χ0) is 43.3. The van der Waals surface area contributed by atoms with Crippen LogP contribution in [0.4, 0.5) is 13.2 Å². The van der Waals surface area contributed by atoms with E-state index in [9.17, 15) is 40.8 Å². The first-order chi connectivity index (χ1) is 27.5. The number of methoxy groups -OCH3 is 1. The lowest BCUT2D eigenvalue weighted by Crippen LogP contribution is -2.49. The van der Waals surface area contributed by atoms with Crippen molar-refractivity contribution in [2.45, 2.75) is 127 Å². The molecule has 1 saturated heterocycles. The van der Waals surface area contributed by atoms with Crippen LogP contribution >= 0.6 is 11.6 Å². The number of hydrogen-bond acceptors (Lipinski definition) is 10. The highest BCUT2D eigenvalue weighted by molar-refractivity contribution is 7.91. The number of sulfonamides is 1. The van der Waals surface area contributed by atoms with Gasteiger partial charge in [-0.15, -0.1) is 0 Å². The number of amides is 2. The number of nitrogens with zero attached hydrogens (tertiary/aromatic N) is 2. The number of hydrogen-bond donors (Lipinski definition) is 1. The highest BCUT2D eigenvalue weighted by atomic mass is 35.5. The van der Waals surface area contributed by atoms with Gasteiger partial charge >= 0.3 is 12.1 Å². The molecule has 6 rings (SSSR count). The number of carbonyl (C=O) groups is 4. The Morgan fingerprint density at radius 2 is 1.83 bits per heavy atom. The van der Waals surface area contributed by atoms with Crippen LogP contribution in [-0.4, -0.2) is 84.2 Å². The van der Waals surface area contributed by atoms with Crippen LogP contribution in [0.1, 0.15) is 98.8 Å². The summed E-state index contributed by atoms with van der Waals surface area (Å²) < 4.78 is 85.7. The van der Waals surface area contributed by atoms with E-state index < -0.39 is 91.8 Å². The minimum atomic E-state index is -4.87. The Kier molecular flexibility index (Phi) is 12.5. The molecule has 2 aromatic rings. The van der Waals surface area contributed by atoms with Crippen molar-refractivity contribution in [1.29, 1.82) is 0 Å². The number of Topliss-reactive ketones (excluding diaryl/α,β-unsaturated/α-hetero) is 1. The number of fused-ring (bicyclic) bond motifs is 3. The SMILES string of the molecule is CC[C@@H]1C[C@H](C)CC/C=C\[C@@H]2C[C@@]2(C(=O)NS(=O)(=O)C2(C)CC2)CC(=O)[C@@H]2C[C@@H](Oc3cc(Cl)c4ccc(OC)cc4n3)CN2C(=O)[C@H]1CC(=O)OC(C)(C)C(F)(F)F. The molecule has 3 fully saturated rings. The minimum Gasteiger partial charge on any atom is -0.497 e. The maximum atomic E-state index is 15.0. The van der Waals surface area contributed by atoms with E-state index in [1.54, 1.807) is 25.1 Å². The van der Waals surface area contributed by atoms with Gasteiger partial charge < -0.3 is 19.1 Å². The van der Waals surface area contributed by atoms with Gasteiger partial charge in [0, 0.05) is 30.4 Å². The molecule has 12 nitrogen and oxygen atoms in total. The predicted octanol–water partition coefficient (Wildman–Crippen LogP) is 7.50. The highest BCUT2D eigenvalue weighted by Crippen LogP contribution is 2.58. The average molecular weight is 868 g/mol. The van der Waals surface area contributed by atoms with E-state index in [1.807, 2.05) is 26.0 Å². The molecule has 324 valence electrons. The molecule has 0 radical (unpaired) electrons. The number of pyridine rings is 1. The van der Waals surface area contributed by atoms with E-state index in [-0.39, 0.29) is 37.6 Å². The number of rotatable bonds is 10. The summed E-state index contributed by atoms with van der Waals surface area (Å²) in [6, 6.07) is 5.45.